The lowest BCUT2D eigenvalue weighted by molar-refractivity contribution is 0.508. The zero-order valence-electron chi connectivity index (χ0n) is 8.73. The normalized spacial score (nSPS) is 19.4. The molecule has 1 aliphatic heterocycles. The van der Waals surface area contributed by atoms with Gasteiger partial charge in [-0.1, -0.05) is 22.0 Å². The molecule has 1 aromatic rings. The molecule has 0 atom stereocenters. The Balaban J connectivity index is 2.38. The zero-order valence-corrected chi connectivity index (χ0v) is 10.3. The summed E-state index contributed by atoms with van der Waals surface area (Å²) in [5.74, 6) is 0. The molecule has 0 radical (unpaired) electrons. The van der Waals surface area contributed by atoms with Gasteiger partial charge in [0.1, 0.15) is 0 Å². The number of aryl methyl sites for hydroxylation is 1. The molecule has 0 unspecified atom stereocenters. The molecular weight excluding hydrogens is 238 g/mol. The number of halogens is 1. The number of rotatable bonds is 0. The van der Waals surface area contributed by atoms with Crippen LogP contribution in [0.1, 0.15) is 32.3 Å². The van der Waals surface area contributed by atoms with Crippen molar-refractivity contribution >= 4 is 21.6 Å². The summed E-state index contributed by atoms with van der Waals surface area (Å²) in [6.45, 7) is 4.53. The highest BCUT2D eigenvalue weighted by Crippen LogP contribution is 2.31. The Bertz CT molecular complexity index is 344. The van der Waals surface area contributed by atoms with Crippen LogP contribution in [0.4, 0.5) is 5.69 Å². The summed E-state index contributed by atoms with van der Waals surface area (Å²) in [5.41, 5.74) is 2.96. The first kappa shape index (κ1) is 10.0. The maximum absolute atomic E-state index is 3.61. The molecule has 76 valence electrons. The van der Waals surface area contributed by atoms with Crippen molar-refractivity contribution < 1.29 is 0 Å². The number of benzene rings is 1. The van der Waals surface area contributed by atoms with Crippen LogP contribution in [0.3, 0.4) is 0 Å². The fraction of sp³-hybridized carbons (Fsp3) is 0.500. The summed E-state index contributed by atoms with van der Waals surface area (Å²) < 4.78 is 1.15. The fourth-order valence-corrected chi connectivity index (χ4v) is 2.39. The Kier molecular flexibility index (Phi) is 2.56. The van der Waals surface area contributed by atoms with E-state index < -0.39 is 0 Å². The molecule has 0 fully saturated rings. The van der Waals surface area contributed by atoms with Gasteiger partial charge in [-0.05, 0) is 50.8 Å². The standard InChI is InChI=1S/C12H16BrN/c1-12(2)7-3-4-9-5-6-10(13)8-11(9)14-12/h5-6,8,14H,3-4,7H2,1-2H3. The first-order valence-electron chi connectivity index (χ1n) is 5.13. The molecule has 0 aliphatic carbocycles. The van der Waals surface area contributed by atoms with Gasteiger partial charge in [0.2, 0.25) is 0 Å². The van der Waals surface area contributed by atoms with Crippen molar-refractivity contribution in [3.05, 3.63) is 28.2 Å². The predicted molar refractivity (Wildman–Crippen MR) is 64.8 cm³/mol. The third-order valence-corrected chi connectivity index (χ3v) is 3.29. The van der Waals surface area contributed by atoms with Gasteiger partial charge in [-0.3, -0.25) is 0 Å². The lowest BCUT2D eigenvalue weighted by Crippen LogP contribution is -2.29. The van der Waals surface area contributed by atoms with Crippen LogP contribution in [0.5, 0.6) is 0 Å². The van der Waals surface area contributed by atoms with E-state index in [4.69, 9.17) is 0 Å². The van der Waals surface area contributed by atoms with Gasteiger partial charge >= 0.3 is 0 Å². The van der Waals surface area contributed by atoms with E-state index in [0.717, 1.165) is 4.47 Å². The van der Waals surface area contributed by atoms with Crippen molar-refractivity contribution in [3.63, 3.8) is 0 Å². The molecule has 0 amide bonds. The third kappa shape index (κ3) is 2.11. The van der Waals surface area contributed by atoms with Crippen molar-refractivity contribution in [2.24, 2.45) is 0 Å². The number of fused-ring (bicyclic) bond motifs is 1. The van der Waals surface area contributed by atoms with E-state index >= 15 is 0 Å². The maximum Gasteiger partial charge on any atom is 0.0388 e. The van der Waals surface area contributed by atoms with E-state index in [0.29, 0.717) is 0 Å². The highest BCUT2D eigenvalue weighted by atomic mass is 79.9. The molecule has 1 N–H and O–H groups in total. The average molecular weight is 254 g/mol. The van der Waals surface area contributed by atoms with Gasteiger partial charge in [-0.15, -0.1) is 0 Å². The number of hydrogen-bond acceptors (Lipinski definition) is 1. The molecule has 1 nitrogen and oxygen atoms in total. The quantitative estimate of drug-likeness (QED) is 0.738. The number of hydrogen-bond donors (Lipinski definition) is 1. The van der Waals surface area contributed by atoms with Crippen molar-refractivity contribution in [2.45, 2.75) is 38.6 Å². The summed E-state index contributed by atoms with van der Waals surface area (Å²) in [6, 6.07) is 6.52. The van der Waals surface area contributed by atoms with Crippen LogP contribution in [0, 0.1) is 0 Å². The minimum atomic E-state index is 0.228. The lowest BCUT2D eigenvalue weighted by atomic mass is 9.99. The van der Waals surface area contributed by atoms with Crippen LogP contribution < -0.4 is 5.32 Å². The maximum atomic E-state index is 3.61. The van der Waals surface area contributed by atoms with Gasteiger partial charge in [-0.2, -0.15) is 0 Å². The fourth-order valence-electron chi connectivity index (χ4n) is 2.03. The molecule has 14 heavy (non-hydrogen) atoms. The van der Waals surface area contributed by atoms with Gasteiger partial charge in [0.05, 0.1) is 0 Å². The van der Waals surface area contributed by atoms with Crippen LogP contribution in [-0.2, 0) is 6.42 Å². The summed E-state index contributed by atoms with van der Waals surface area (Å²) in [6.07, 6.45) is 3.70. The molecule has 2 heteroatoms. The molecule has 0 spiro atoms. The Morgan fingerprint density at radius 2 is 2.14 bits per heavy atom. The summed E-state index contributed by atoms with van der Waals surface area (Å²) in [5, 5.41) is 3.61. The molecular formula is C12H16BrN. The Labute approximate surface area is 94.0 Å². The first-order chi connectivity index (χ1) is 6.57. The van der Waals surface area contributed by atoms with Gasteiger partial charge in [-0.25, -0.2) is 0 Å². The Morgan fingerprint density at radius 3 is 2.93 bits per heavy atom. The van der Waals surface area contributed by atoms with Crippen LogP contribution in [0.2, 0.25) is 0 Å². The summed E-state index contributed by atoms with van der Waals surface area (Å²) in [7, 11) is 0. The second kappa shape index (κ2) is 3.58. The monoisotopic (exact) mass is 253 g/mol. The van der Waals surface area contributed by atoms with Gasteiger partial charge < -0.3 is 5.32 Å². The molecule has 0 bridgehead atoms. The first-order valence-corrected chi connectivity index (χ1v) is 5.93. The second-order valence-corrected chi connectivity index (χ2v) is 5.58. The summed E-state index contributed by atoms with van der Waals surface area (Å²) in [4.78, 5) is 0. The Hall–Kier alpha value is -0.500. The van der Waals surface area contributed by atoms with E-state index in [-0.39, 0.29) is 5.54 Å². The molecule has 1 aromatic carbocycles. The van der Waals surface area contributed by atoms with E-state index in [2.05, 4.69) is 53.3 Å². The van der Waals surface area contributed by atoms with Crippen LogP contribution in [0.15, 0.2) is 22.7 Å². The van der Waals surface area contributed by atoms with E-state index in [1.165, 1.54) is 30.5 Å². The Morgan fingerprint density at radius 1 is 1.36 bits per heavy atom. The minimum absolute atomic E-state index is 0.228. The molecule has 0 aromatic heterocycles. The summed E-state index contributed by atoms with van der Waals surface area (Å²) >= 11 is 3.51. The van der Waals surface area contributed by atoms with E-state index in [9.17, 15) is 0 Å². The van der Waals surface area contributed by atoms with Crippen molar-refractivity contribution in [1.82, 2.24) is 0 Å². The second-order valence-electron chi connectivity index (χ2n) is 4.66. The van der Waals surface area contributed by atoms with E-state index in [1.54, 1.807) is 0 Å². The molecule has 2 rings (SSSR count). The average Bonchev–Trinajstić information content (AvgIpc) is 2.21. The third-order valence-electron chi connectivity index (χ3n) is 2.79. The van der Waals surface area contributed by atoms with Crippen LogP contribution in [-0.4, -0.2) is 5.54 Å². The van der Waals surface area contributed by atoms with Crippen molar-refractivity contribution in [2.75, 3.05) is 5.32 Å². The smallest absolute Gasteiger partial charge is 0.0388 e. The van der Waals surface area contributed by atoms with Gasteiger partial charge in [0.15, 0.2) is 0 Å². The van der Waals surface area contributed by atoms with E-state index in [1.807, 2.05) is 0 Å². The molecule has 1 aliphatic rings. The van der Waals surface area contributed by atoms with Crippen LogP contribution >= 0.6 is 15.9 Å². The molecule has 0 saturated heterocycles. The molecule has 0 saturated carbocycles. The van der Waals surface area contributed by atoms with Crippen LogP contribution in [0.25, 0.3) is 0 Å². The highest BCUT2D eigenvalue weighted by molar-refractivity contribution is 9.10. The van der Waals surface area contributed by atoms with Gasteiger partial charge in [0, 0.05) is 15.7 Å². The zero-order chi connectivity index (χ0) is 10.2. The SMILES string of the molecule is CC1(C)CCCc2ccc(Br)cc2N1. The largest absolute Gasteiger partial charge is 0.380 e. The van der Waals surface area contributed by atoms with Crippen molar-refractivity contribution in [1.29, 1.82) is 0 Å². The number of anilines is 1. The highest BCUT2D eigenvalue weighted by Gasteiger charge is 2.21. The van der Waals surface area contributed by atoms with Gasteiger partial charge in [0.25, 0.3) is 0 Å². The number of nitrogens with one attached hydrogen (secondary N) is 1. The minimum Gasteiger partial charge on any atom is -0.380 e. The van der Waals surface area contributed by atoms with Crippen molar-refractivity contribution in [3.8, 4) is 0 Å². The molecule has 1 heterocycles. The lowest BCUT2D eigenvalue weighted by Gasteiger charge is -2.25. The predicted octanol–water partition coefficient (Wildman–Crippen LogP) is 3.98. The topological polar surface area (TPSA) is 12.0 Å².